The highest BCUT2D eigenvalue weighted by Gasteiger charge is 2.46. The van der Waals surface area contributed by atoms with E-state index in [0.29, 0.717) is 17.9 Å². The average Bonchev–Trinajstić information content (AvgIpc) is 3.34. The first-order valence-corrected chi connectivity index (χ1v) is 12.9. The zero-order chi connectivity index (χ0) is 26.3. The Balaban J connectivity index is 1.82. The highest BCUT2D eigenvalue weighted by atomic mass is 32.2. The molecule has 0 aliphatic rings. The van der Waals surface area contributed by atoms with Gasteiger partial charge in [-0.1, -0.05) is 24.3 Å². The molecule has 0 fully saturated rings. The van der Waals surface area contributed by atoms with Crippen LogP contribution in [-0.4, -0.2) is 19.8 Å². The SMILES string of the molecule is Cc1ccccc1[C@@H](CCC(=O)NS(=O)(=O)C(F)(F)F)Oc1cc(OCc2ccsc2)ccc1C#N. The zero-order valence-corrected chi connectivity index (χ0v) is 20.5. The van der Waals surface area contributed by atoms with Gasteiger partial charge in [-0.05, 0) is 59.0 Å². The Hall–Kier alpha value is -3.56. The van der Waals surface area contributed by atoms with Crippen LogP contribution in [0.2, 0.25) is 0 Å². The number of nitrogens with zero attached hydrogens (tertiary/aromatic N) is 1. The summed E-state index contributed by atoms with van der Waals surface area (Å²) in [6.07, 6.45) is -1.61. The Morgan fingerprint density at radius 1 is 1.19 bits per heavy atom. The summed E-state index contributed by atoms with van der Waals surface area (Å²) in [5, 5.41) is 13.4. The van der Waals surface area contributed by atoms with Crippen LogP contribution in [0.1, 0.15) is 41.2 Å². The van der Waals surface area contributed by atoms with Crippen LogP contribution in [0.4, 0.5) is 13.2 Å². The third-order valence-electron chi connectivity index (χ3n) is 5.05. The van der Waals surface area contributed by atoms with E-state index in [1.54, 1.807) is 37.3 Å². The molecule has 0 unspecified atom stereocenters. The van der Waals surface area contributed by atoms with E-state index in [9.17, 15) is 31.6 Å². The molecular weight excluding hydrogens is 517 g/mol. The van der Waals surface area contributed by atoms with Gasteiger partial charge in [0, 0.05) is 12.5 Å². The molecule has 0 spiro atoms. The molecule has 0 aliphatic heterocycles. The number of sulfonamides is 1. The Bertz CT molecular complexity index is 1350. The quantitative estimate of drug-likeness (QED) is 0.372. The van der Waals surface area contributed by atoms with Gasteiger partial charge in [-0.15, -0.1) is 0 Å². The van der Waals surface area contributed by atoms with E-state index in [4.69, 9.17) is 9.47 Å². The van der Waals surface area contributed by atoms with Gasteiger partial charge in [0.05, 0.1) is 5.56 Å². The summed E-state index contributed by atoms with van der Waals surface area (Å²) in [6, 6.07) is 15.6. The molecule has 1 aromatic heterocycles. The normalized spacial score (nSPS) is 12.4. The molecule has 1 atom stereocenters. The Kier molecular flexibility index (Phi) is 8.60. The lowest BCUT2D eigenvalue weighted by atomic mass is 9.99. The lowest BCUT2D eigenvalue weighted by Crippen LogP contribution is -2.40. The van der Waals surface area contributed by atoms with Crippen LogP contribution < -0.4 is 14.2 Å². The molecule has 2 aromatic carbocycles. The van der Waals surface area contributed by atoms with Crippen LogP contribution in [0.15, 0.2) is 59.3 Å². The maximum Gasteiger partial charge on any atom is 0.516 e. The lowest BCUT2D eigenvalue weighted by molar-refractivity contribution is -0.120. The summed E-state index contributed by atoms with van der Waals surface area (Å²) < 4.78 is 73.2. The maximum atomic E-state index is 12.6. The van der Waals surface area contributed by atoms with E-state index in [1.807, 2.05) is 22.9 Å². The fourth-order valence-electron chi connectivity index (χ4n) is 3.22. The van der Waals surface area contributed by atoms with Crippen LogP contribution in [0.5, 0.6) is 11.5 Å². The van der Waals surface area contributed by atoms with E-state index >= 15 is 0 Å². The molecule has 0 saturated carbocycles. The third kappa shape index (κ3) is 6.99. The number of nitriles is 1. The van der Waals surface area contributed by atoms with Crippen molar-refractivity contribution in [3.05, 3.63) is 81.5 Å². The van der Waals surface area contributed by atoms with E-state index in [0.717, 1.165) is 15.8 Å². The number of thiophene rings is 1. The highest BCUT2D eigenvalue weighted by Crippen LogP contribution is 2.33. The average molecular weight is 539 g/mol. The van der Waals surface area contributed by atoms with Crippen molar-refractivity contribution in [2.45, 2.75) is 38.0 Å². The maximum absolute atomic E-state index is 12.6. The highest BCUT2D eigenvalue weighted by molar-refractivity contribution is 7.90. The fourth-order valence-corrected chi connectivity index (χ4v) is 4.39. The molecule has 7 nitrogen and oxygen atoms in total. The largest absolute Gasteiger partial charge is 0.516 e. The number of alkyl halides is 3. The second-order valence-electron chi connectivity index (χ2n) is 7.67. The second-order valence-corrected chi connectivity index (χ2v) is 10.1. The number of ether oxygens (including phenoxy) is 2. The minimum Gasteiger partial charge on any atom is -0.489 e. The van der Waals surface area contributed by atoms with Gasteiger partial charge in [0.15, 0.2) is 0 Å². The Labute approximate surface area is 210 Å². The van der Waals surface area contributed by atoms with Crippen LogP contribution in [-0.2, 0) is 21.4 Å². The fraction of sp³-hybridized carbons (Fsp3) is 0.250. The summed E-state index contributed by atoms with van der Waals surface area (Å²) in [7, 11) is -5.82. The second kappa shape index (κ2) is 11.5. The third-order valence-corrected chi connectivity index (χ3v) is 6.89. The number of carbonyl (C=O) groups is 1. The summed E-state index contributed by atoms with van der Waals surface area (Å²) >= 11 is 1.52. The van der Waals surface area contributed by atoms with E-state index in [2.05, 4.69) is 0 Å². The molecule has 0 aliphatic carbocycles. The molecule has 3 rings (SSSR count). The number of benzene rings is 2. The van der Waals surface area contributed by atoms with Crippen molar-refractivity contribution in [3.63, 3.8) is 0 Å². The van der Waals surface area contributed by atoms with E-state index in [-0.39, 0.29) is 17.7 Å². The number of hydrogen-bond acceptors (Lipinski definition) is 7. The first-order chi connectivity index (χ1) is 17.0. The number of carbonyl (C=O) groups excluding carboxylic acids is 1. The topological polar surface area (TPSA) is 105 Å². The van der Waals surface area contributed by atoms with E-state index < -0.39 is 34.0 Å². The van der Waals surface area contributed by atoms with Crippen molar-refractivity contribution < 1.29 is 35.9 Å². The first kappa shape index (κ1) is 27.0. The molecule has 0 bridgehead atoms. The first-order valence-electron chi connectivity index (χ1n) is 10.5. The van der Waals surface area contributed by atoms with Crippen LogP contribution in [0.25, 0.3) is 0 Å². The van der Waals surface area contributed by atoms with Crippen molar-refractivity contribution in [1.82, 2.24) is 4.72 Å². The van der Waals surface area contributed by atoms with Gasteiger partial charge < -0.3 is 9.47 Å². The van der Waals surface area contributed by atoms with Crippen molar-refractivity contribution in [3.8, 4) is 17.6 Å². The number of halogens is 3. The van der Waals surface area contributed by atoms with Crippen LogP contribution in [0.3, 0.4) is 0 Å². The van der Waals surface area contributed by atoms with Gasteiger partial charge in [0.2, 0.25) is 5.91 Å². The molecule has 0 saturated heterocycles. The van der Waals surface area contributed by atoms with Gasteiger partial charge in [0.1, 0.15) is 30.3 Å². The Morgan fingerprint density at radius 2 is 1.94 bits per heavy atom. The predicted molar refractivity (Wildman–Crippen MR) is 127 cm³/mol. The molecule has 1 N–H and O–H groups in total. The summed E-state index contributed by atoms with van der Waals surface area (Å²) in [4.78, 5) is 12.0. The van der Waals surface area contributed by atoms with Gasteiger partial charge in [-0.2, -0.15) is 38.2 Å². The van der Waals surface area contributed by atoms with E-state index in [1.165, 1.54) is 23.5 Å². The van der Waals surface area contributed by atoms with Gasteiger partial charge in [-0.3, -0.25) is 4.79 Å². The van der Waals surface area contributed by atoms with Crippen molar-refractivity contribution in [1.29, 1.82) is 5.26 Å². The lowest BCUT2D eigenvalue weighted by Gasteiger charge is -2.22. The number of nitrogens with one attached hydrogen (secondary N) is 1. The number of rotatable bonds is 10. The molecular formula is C24H21F3N2O5S2. The van der Waals surface area contributed by atoms with Crippen molar-refractivity contribution >= 4 is 27.3 Å². The molecule has 36 heavy (non-hydrogen) atoms. The molecule has 1 heterocycles. The summed E-state index contributed by atoms with van der Waals surface area (Å²) in [6.45, 7) is 2.08. The monoisotopic (exact) mass is 538 g/mol. The summed E-state index contributed by atoms with van der Waals surface area (Å²) in [5.74, 6) is -0.757. The molecule has 3 aromatic rings. The number of amides is 1. The van der Waals surface area contributed by atoms with Crippen LogP contribution >= 0.6 is 11.3 Å². The molecule has 0 radical (unpaired) electrons. The number of aryl methyl sites for hydroxylation is 1. The van der Waals surface area contributed by atoms with Crippen molar-refractivity contribution in [2.75, 3.05) is 0 Å². The smallest absolute Gasteiger partial charge is 0.489 e. The van der Waals surface area contributed by atoms with Gasteiger partial charge >= 0.3 is 15.5 Å². The predicted octanol–water partition coefficient (Wildman–Crippen LogP) is 5.37. The minimum atomic E-state index is -5.82. The van der Waals surface area contributed by atoms with Gasteiger partial charge in [0.25, 0.3) is 0 Å². The molecule has 190 valence electrons. The molecule has 1 amide bonds. The zero-order valence-electron chi connectivity index (χ0n) is 18.9. The Morgan fingerprint density at radius 3 is 2.58 bits per heavy atom. The number of hydrogen-bond donors (Lipinski definition) is 1. The molecule has 12 heteroatoms. The standard InChI is InChI=1S/C24H21F3N2O5S2/c1-16-4-2-3-5-20(16)21(8-9-23(30)29-36(31,32)24(25,26)27)34-22-12-19(7-6-18(22)13-28)33-14-17-10-11-35-15-17/h2-7,10-12,15,21H,8-9,14H2,1H3,(H,29,30)/t21-/m1/s1. The summed E-state index contributed by atoms with van der Waals surface area (Å²) in [5.41, 5.74) is -3.07. The van der Waals surface area contributed by atoms with Crippen molar-refractivity contribution in [2.24, 2.45) is 0 Å². The minimum absolute atomic E-state index is 0.150. The van der Waals surface area contributed by atoms with Gasteiger partial charge in [-0.25, -0.2) is 4.72 Å². The van der Waals surface area contributed by atoms with Crippen LogP contribution in [0, 0.1) is 18.3 Å².